The number of benzene rings is 2. The first-order valence-electron chi connectivity index (χ1n) is 9.15. The molecule has 3 rings (SSSR count). The molecule has 5 heteroatoms. The lowest BCUT2D eigenvalue weighted by atomic mass is 9.87. The van der Waals surface area contributed by atoms with Crippen LogP contribution >= 0.6 is 0 Å². The molecular formula is C22H24O5. The summed E-state index contributed by atoms with van der Waals surface area (Å²) in [6.07, 6.45) is -0.427. The van der Waals surface area contributed by atoms with Crippen molar-refractivity contribution in [2.24, 2.45) is 5.92 Å². The van der Waals surface area contributed by atoms with Crippen LogP contribution in [0.1, 0.15) is 47.9 Å². The topological polar surface area (TPSA) is 61.8 Å². The Morgan fingerprint density at radius 3 is 2.00 bits per heavy atom. The molecule has 5 nitrogen and oxygen atoms in total. The summed E-state index contributed by atoms with van der Waals surface area (Å²) in [6.45, 7) is 5.70. The van der Waals surface area contributed by atoms with E-state index in [1.807, 2.05) is 26.0 Å². The molecule has 0 saturated carbocycles. The number of ether oxygens (including phenoxy) is 3. The van der Waals surface area contributed by atoms with Crippen molar-refractivity contribution in [2.75, 3.05) is 0 Å². The van der Waals surface area contributed by atoms with Crippen molar-refractivity contribution in [2.45, 2.75) is 45.2 Å². The van der Waals surface area contributed by atoms with Crippen LogP contribution in [0.2, 0.25) is 0 Å². The van der Waals surface area contributed by atoms with Crippen LogP contribution in [0.4, 0.5) is 0 Å². The minimum absolute atomic E-state index is 0.135. The zero-order valence-electron chi connectivity index (χ0n) is 15.8. The maximum absolute atomic E-state index is 12.6. The standard InChI is InChI=1S/C22H24O5/c1-4-18-15(2)22(3,27-20(24)17-13-9-6-10-14-17)21(25-18)26-19(23)16-11-7-5-8-12-16/h5-15,18,21H,4H2,1-3H3/t15-,18+,21-,22?/m0/s1. The second-order valence-electron chi connectivity index (χ2n) is 6.91. The van der Waals surface area contributed by atoms with Gasteiger partial charge < -0.3 is 14.2 Å². The summed E-state index contributed by atoms with van der Waals surface area (Å²) in [7, 11) is 0. The Labute approximate surface area is 159 Å². The summed E-state index contributed by atoms with van der Waals surface area (Å²) < 4.78 is 17.4. The summed E-state index contributed by atoms with van der Waals surface area (Å²) in [5.74, 6) is -1.11. The maximum atomic E-state index is 12.6. The van der Waals surface area contributed by atoms with Gasteiger partial charge in [-0.1, -0.05) is 50.2 Å². The molecule has 1 aliphatic rings. The number of carbonyl (C=O) groups is 2. The molecule has 1 saturated heterocycles. The van der Waals surface area contributed by atoms with E-state index in [-0.39, 0.29) is 12.0 Å². The smallest absolute Gasteiger partial charge is 0.340 e. The van der Waals surface area contributed by atoms with Crippen molar-refractivity contribution >= 4 is 11.9 Å². The lowest BCUT2D eigenvalue weighted by Gasteiger charge is -2.32. The number of hydrogen-bond acceptors (Lipinski definition) is 5. The van der Waals surface area contributed by atoms with E-state index in [4.69, 9.17) is 14.2 Å². The molecule has 0 N–H and O–H groups in total. The van der Waals surface area contributed by atoms with Crippen molar-refractivity contribution < 1.29 is 23.8 Å². The summed E-state index contributed by atoms with van der Waals surface area (Å²) in [6, 6.07) is 17.4. The van der Waals surface area contributed by atoms with Crippen LogP contribution in [-0.4, -0.2) is 29.9 Å². The minimum atomic E-state index is -1.09. The van der Waals surface area contributed by atoms with E-state index in [0.717, 1.165) is 6.42 Å². The fourth-order valence-electron chi connectivity index (χ4n) is 3.30. The highest BCUT2D eigenvalue weighted by atomic mass is 16.7. The van der Waals surface area contributed by atoms with Crippen LogP contribution in [0.25, 0.3) is 0 Å². The summed E-state index contributed by atoms with van der Waals surface area (Å²) in [5.41, 5.74) is -0.220. The zero-order chi connectivity index (χ0) is 19.4. The largest absolute Gasteiger partial charge is 0.449 e. The van der Waals surface area contributed by atoms with Crippen LogP contribution in [-0.2, 0) is 14.2 Å². The Morgan fingerprint density at radius 2 is 1.48 bits per heavy atom. The van der Waals surface area contributed by atoms with E-state index >= 15 is 0 Å². The second kappa shape index (κ2) is 7.92. The van der Waals surface area contributed by atoms with Crippen molar-refractivity contribution in [3.8, 4) is 0 Å². The third kappa shape index (κ3) is 3.88. The van der Waals surface area contributed by atoms with E-state index in [2.05, 4.69) is 0 Å². The van der Waals surface area contributed by atoms with Crippen LogP contribution in [0.5, 0.6) is 0 Å². The molecule has 4 atom stereocenters. The molecule has 0 bridgehead atoms. The summed E-state index contributed by atoms with van der Waals surface area (Å²) >= 11 is 0. The molecule has 27 heavy (non-hydrogen) atoms. The quantitative estimate of drug-likeness (QED) is 0.739. The van der Waals surface area contributed by atoms with Gasteiger partial charge >= 0.3 is 11.9 Å². The zero-order valence-corrected chi connectivity index (χ0v) is 15.8. The molecule has 0 aliphatic carbocycles. The van der Waals surface area contributed by atoms with Gasteiger partial charge in [0.05, 0.1) is 17.2 Å². The molecule has 1 unspecified atom stereocenters. The molecular weight excluding hydrogens is 344 g/mol. The number of hydrogen-bond donors (Lipinski definition) is 0. The molecule has 0 radical (unpaired) electrons. The Bertz CT molecular complexity index is 789. The molecule has 2 aromatic rings. The van der Waals surface area contributed by atoms with Gasteiger partial charge in [-0.25, -0.2) is 9.59 Å². The van der Waals surface area contributed by atoms with Gasteiger partial charge in [0, 0.05) is 5.92 Å². The number of carbonyl (C=O) groups excluding carboxylic acids is 2. The van der Waals surface area contributed by atoms with Gasteiger partial charge in [0.25, 0.3) is 0 Å². The van der Waals surface area contributed by atoms with Gasteiger partial charge in [0.15, 0.2) is 5.60 Å². The molecule has 0 aromatic heterocycles. The third-order valence-electron chi connectivity index (χ3n) is 5.18. The lowest BCUT2D eigenvalue weighted by Crippen LogP contribution is -2.46. The molecule has 1 fully saturated rings. The Morgan fingerprint density at radius 1 is 0.963 bits per heavy atom. The SMILES string of the molecule is CC[C@H]1O[C@@H](OC(=O)c2ccccc2)C(C)(OC(=O)c2ccccc2)[C@H]1C. The Balaban J connectivity index is 1.82. The predicted octanol–water partition coefficient (Wildman–Crippen LogP) is 4.23. The van der Waals surface area contributed by atoms with E-state index in [1.165, 1.54) is 0 Å². The summed E-state index contributed by atoms with van der Waals surface area (Å²) in [4.78, 5) is 25.1. The third-order valence-corrected chi connectivity index (χ3v) is 5.18. The van der Waals surface area contributed by atoms with Crippen molar-refractivity contribution in [1.82, 2.24) is 0 Å². The van der Waals surface area contributed by atoms with Gasteiger partial charge in [-0.05, 0) is 37.6 Å². The van der Waals surface area contributed by atoms with Gasteiger partial charge in [-0.2, -0.15) is 0 Å². The fraction of sp³-hybridized carbons (Fsp3) is 0.364. The van der Waals surface area contributed by atoms with E-state index in [0.29, 0.717) is 11.1 Å². The van der Waals surface area contributed by atoms with Crippen LogP contribution < -0.4 is 0 Å². The van der Waals surface area contributed by atoms with E-state index < -0.39 is 23.8 Å². The highest BCUT2D eigenvalue weighted by Crippen LogP contribution is 2.41. The van der Waals surface area contributed by atoms with Crippen LogP contribution in [0, 0.1) is 5.92 Å². The Hall–Kier alpha value is -2.66. The van der Waals surface area contributed by atoms with Gasteiger partial charge in [0.1, 0.15) is 0 Å². The average Bonchev–Trinajstić information content (AvgIpc) is 2.93. The predicted molar refractivity (Wildman–Crippen MR) is 100 cm³/mol. The monoisotopic (exact) mass is 368 g/mol. The molecule has 2 aromatic carbocycles. The second-order valence-corrected chi connectivity index (χ2v) is 6.91. The average molecular weight is 368 g/mol. The number of esters is 2. The van der Waals surface area contributed by atoms with Gasteiger partial charge in [-0.3, -0.25) is 0 Å². The van der Waals surface area contributed by atoms with Crippen LogP contribution in [0.15, 0.2) is 60.7 Å². The molecule has 1 aliphatic heterocycles. The first-order valence-corrected chi connectivity index (χ1v) is 9.15. The molecule has 0 spiro atoms. The molecule has 1 heterocycles. The maximum Gasteiger partial charge on any atom is 0.340 e. The van der Waals surface area contributed by atoms with E-state index in [1.54, 1.807) is 55.5 Å². The minimum Gasteiger partial charge on any atom is -0.449 e. The number of rotatable bonds is 5. The first-order chi connectivity index (χ1) is 13.0. The molecule has 0 amide bonds. The van der Waals surface area contributed by atoms with Crippen molar-refractivity contribution in [3.63, 3.8) is 0 Å². The van der Waals surface area contributed by atoms with Gasteiger partial charge in [0.2, 0.25) is 6.29 Å². The highest BCUT2D eigenvalue weighted by Gasteiger charge is 2.56. The van der Waals surface area contributed by atoms with Crippen LogP contribution in [0.3, 0.4) is 0 Å². The summed E-state index contributed by atoms with van der Waals surface area (Å²) in [5, 5.41) is 0. The lowest BCUT2D eigenvalue weighted by molar-refractivity contribution is -0.169. The normalized spacial score (nSPS) is 27.1. The van der Waals surface area contributed by atoms with Crippen molar-refractivity contribution in [1.29, 1.82) is 0 Å². The highest BCUT2D eigenvalue weighted by molar-refractivity contribution is 5.90. The molecule has 142 valence electrons. The van der Waals surface area contributed by atoms with Crippen molar-refractivity contribution in [3.05, 3.63) is 71.8 Å². The Kier molecular flexibility index (Phi) is 5.61. The first kappa shape index (κ1) is 19.1. The fourth-order valence-corrected chi connectivity index (χ4v) is 3.30. The van der Waals surface area contributed by atoms with E-state index in [9.17, 15) is 9.59 Å². The van der Waals surface area contributed by atoms with Gasteiger partial charge in [-0.15, -0.1) is 0 Å².